The number of allylic oxidation sites excluding steroid dienone is 2. The van der Waals surface area contributed by atoms with Gasteiger partial charge < -0.3 is 19.1 Å². The Morgan fingerprint density at radius 2 is 1.90 bits per heavy atom. The largest absolute Gasteiger partial charge is 0.486 e. The Morgan fingerprint density at radius 3 is 2.57 bits per heavy atom. The number of hydrogen-bond donors (Lipinski definition) is 0. The molecule has 1 aliphatic rings. The second kappa shape index (κ2) is 9.51. The van der Waals surface area contributed by atoms with Crippen LogP contribution < -0.4 is 9.64 Å². The van der Waals surface area contributed by atoms with Crippen molar-refractivity contribution in [3.8, 4) is 5.75 Å². The highest BCUT2D eigenvalue weighted by Crippen LogP contribution is 2.30. The molecule has 0 unspecified atom stereocenters. The minimum absolute atomic E-state index is 0.0216. The number of esters is 2. The lowest BCUT2D eigenvalue weighted by molar-refractivity contribution is -0.139. The molecular formula is C22H19FN2O5. The third-order valence-electron chi connectivity index (χ3n) is 4.20. The number of pyridine rings is 1. The molecule has 1 aromatic carbocycles. The smallest absolute Gasteiger partial charge is 0.355 e. The molecule has 0 saturated heterocycles. The summed E-state index contributed by atoms with van der Waals surface area (Å²) in [5.41, 5.74) is 0.966. The first-order chi connectivity index (χ1) is 14.5. The molecule has 2 aromatic rings. The molecular weight excluding hydrogens is 391 g/mol. The number of ether oxygens (including phenoxy) is 3. The quantitative estimate of drug-likeness (QED) is 0.676. The maximum absolute atomic E-state index is 14.7. The van der Waals surface area contributed by atoms with E-state index in [9.17, 15) is 14.0 Å². The van der Waals surface area contributed by atoms with Crippen LogP contribution in [0.3, 0.4) is 0 Å². The summed E-state index contributed by atoms with van der Waals surface area (Å²) in [4.78, 5) is 29.9. The first-order valence-corrected chi connectivity index (χ1v) is 8.91. The molecule has 0 radical (unpaired) electrons. The number of hydrogen-bond acceptors (Lipinski definition) is 7. The van der Waals surface area contributed by atoms with Crippen LogP contribution in [-0.2, 0) is 25.7 Å². The van der Waals surface area contributed by atoms with E-state index in [4.69, 9.17) is 14.2 Å². The van der Waals surface area contributed by atoms with Gasteiger partial charge in [-0.1, -0.05) is 12.1 Å². The van der Waals surface area contributed by atoms with Gasteiger partial charge in [-0.05, 0) is 30.4 Å². The Morgan fingerprint density at radius 1 is 1.10 bits per heavy atom. The molecule has 2 heterocycles. The van der Waals surface area contributed by atoms with Crippen LogP contribution in [0.15, 0.2) is 78.4 Å². The van der Waals surface area contributed by atoms with Gasteiger partial charge in [0.25, 0.3) is 0 Å². The van der Waals surface area contributed by atoms with Crippen molar-refractivity contribution >= 4 is 17.6 Å². The highest BCUT2D eigenvalue weighted by Gasteiger charge is 2.27. The van der Waals surface area contributed by atoms with Crippen molar-refractivity contribution < 1.29 is 28.2 Å². The number of carbonyl (C=O) groups excluding carboxylic acids is 2. The molecule has 154 valence electrons. The third kappa shape index (κ3) is 4.54. The van der Waals surface area contributed by atoms with E-state index >= 15 is 0 Å². The maximum atomic E-state index is 14.7. The molecule has 8 heteroatoms. The summed E-state index contributed by atoms with van der Waals surface area (Å²) in [5.74, 6) is -2.09. The average molecular weight is 410 g/mol. The van der Waals surface area contributed by atoms with Crippen LogP contribution in [0.1, 0.15) is 5.56 Å². The van der Waals surface area contributed by atoms with Crippen LogP contribution >= 0.6 is 0 Å². The van der Waals surface area contributed by atoms with Crippen molar-refractivity contribution in [3.05, 3.63) is 89.8 Å². The van der Waals surface area contributed by atoms with E-state index < -0.39 is 17.8 Å². The lowest BCUT2D eigenvalue weighted by atomic mass is 10.1. The Bertz CT molecular complexity index is 1030. The first-order valence-electron chi connectivity index (χ1n) is 8.91. The molecule has 3 rings (SSSR count). The standard InChI is InChI=1S/C22H19FN2O5/c1-28-21(26)17-7-3-4-11-25(20(17)22(27)29-2)16-8-9-19(18(23)12-16)30-14-15-6-5-10-24-13-15/h3-13H,14H2,1-2H3. The van der Waals surface area contributed by atoms with E-state index in [1.165, 1.54) is 43.5 Å². The lowest BCUT2D eigenvalue weighted by Gasteiger charge is -2.23. The summed E-state index contributed by atoms with van der Waals surface area (Å²) >= 11 is 0. The summed E-state index contributed by atoms with van der Waals surface area (Å²) in [7, 11) is 2.39. The minimum Gasteiger partial charge on any atom is -0.486 e. The lowest BCUT2D eigenvalue weighted by Crippen LogP contribution is -2.27. The Balaban J connectivity index is 1.93. The van der Waals surface area contributed by atoms with Gasteiger partial charge in [0.1, 0.15) is 12.3 Å². The first kappa shape index (κ1) is 20.8. The van der Waals surface area contributed by atoms with E-state index in [0.29, 0.717) is 5.69 Å². The molecule has 0 aliphatic carbocycles. The Labute approximate surface area is 172 Å². The van der Waals surface area contributed by atoms with Gasteiger partial charge in [-0.25, -0.2) is 14.0 Å². The van der Waals surface area contributed by atoms with Crippen molar-refractivity contribution in [3.63, 3.8) is 0 Å². The zero-order valence-corrected chi connectivity index (χ0v) is 16.4. The molecule has 0 saturated carbocycles. The van der Waals surface area contributed by atoms with Gasteiger partial charge in [-0.2, -0.15) is 0 Å². The van der Waals surface area contributed by atoms with Gasteiger partial charge >= 0.3 is 11.9 Å². The SMILES string of the molecule is COC(=O)C1=C(C(=O)OC)N(c2ccc(OCc3cccnc3)c(F)c2)C=CC=C1. The molecule has 0 spiro atoms. The van der Waals surface area contributed by atoms with Gasteiger partial charge in [0.2, 0.25) is 0 Å². The summed E-state index contributed by atoms with van der Waals surface area (Å²) in [6.45, 7) is 0.150. The van der Waals surface area contributed by atoms with E-state index in [1.807, 2.05) is 6.07 Å². The van der Waals surface area contributed by atoms with Crippen molar-refractivity contribution in [2.45, 2.75) is 6.61 Å². The van der Waals surface area contributed by atoms with E-state index in [0.717, 1.165) is 5.56 Å². The minimum atomic E-state index is -0.774. The van der Waals surface area contributed by atoms with Gasteiger partial charge in [0.05, 0.1) is 19.8 Å². The van der Waals surface area contributed by atoms with Gasteiger partial charge in [-0.3, -0.25) is 4.98 Å². The van der Waals surface area contributed by atoms with Crippen LogP contribution in [0.5, 0.6) is 5.75 Å². The predicted molar refractivity (Wildman–Crippen MR) is 107 cm³/mol. The molecule has 0 bridgehead atoms. The zero-order valence-electron chi connectivity index (χ0n) is 16.4. The topological polar surface area (TPSA) is 78.0 Å². The van der Waals surface area contributed by atoms with E-state index in [-0.39, 0.29) is 23.6 Å². The van der Waals surface area contributed by atoms with Crippen molar-refractivity contribution in [2.24, 2.45) is 0 Å². The molecule has 0 N–H and O–H groups in total. The fraction of sp³-hybridized carbons (Fsp3) is 0.136. The normalized spacial score (nSPS) is 13.1. The highest BCUT2D eigenvalue weighted by atomic mass is 19.1. The number of methoxy groups -OCH3 is 2. The second-order valence-corrected chi connectivity index (χ2v) is 6.08. The number of nitrogens with zero attached hydrogens (tertiary/aromatic N) is 2. The fourth-order valence-corrected chi connectivity index (χ4v) is 2.77. The van der Waals surface area contributed by atoms with Crippen LogP contribution in [0, 0.1) is 5.82 Å². The molecule has 0 atom stereocenters. The van der Waals surface area contributed by atoms with Crippen LogP contribution in [0.25, 0.3) is 0 Å². The monoisotopic (exact) mass is 410 g/mol. The van der Waals surface area contributed by atoms with Crippen molar-refractivity contribution in [1.29, 1.82) is 0 Å². The Kier molecular flexibility index (Phi) is 6.59. The number of rotatable bonds is 6. The number of benzene rings is 1. The number of anilines is 1. The zero-order chi connectivity index (χ0) is 21.5. The maximum Gasteiger partial charge on any atom is 0.355 e. The van der Waals surface area contributed by atoms with Crippen molar-refractivity contribution in [2.75, 3.05) is 19.1 Å². The molecule has 1 aromatic heterocycles. The average Bonchev–Trinajstić information content (AvgIpc) is 3.01. The molecule has 7 nitrogen and oxygen atoms in total. The summed E-state index contributed by atoms with van der Waals surface area (Å²) in [5, 5.41) is 0. The predicted octanol–water partition coefficient (Wildman–Crippen LogP) is 3.29. The second-order valence-electron chi connectivity index (χ2n) is 6.08. The van der Waals surface area contributed by atoms with Crippen molar-refractivity contribution in [1.82, 2.24) is 4.98 Å². The number of aromatic nitrogens is 1. The number of halogens is 1. The molecule has 1 aliphatic heterocycles. The van der Waals surface area contributed by atoms with Crippen LogP contribution in [-0.4, -0.2) is 31.1 Å². The van der Waals surface area contributed by atoms with Crippen LogP contribution in [0.2, 0.25) is 0 Å². The van der Waals surface area contributed by atoms with E-state index in [2.05, 4.69) is 4.98 Å². The van der Waals surface area contributed by atoms with Gasteiger partial charge in [-0.15, -0.1) is 0 Å². The highest BCUT2D eigenvalue weighted by molar-refractivity contribution is 6.05. The summed E-state index contributed by atoms with van der Waals surface area (Å²) in [6, 6.07) is 7.79. The third-order valence-corrected chi connectivity index (χ3v) is 4.20. The van der Waals surface area contributed by atoms with Crippen LogP contribution in [0.4, 0.5) is 10.1 Å². The summed E-state index contributed by atoms with van der Waals surface area (Å²) < 4.78 is 29.8. The molecule has 0 fully saturated rings. The van der Waals surface area contributed by atoms with Gasteiger partial charge in [0.15, 0.2) is 11.6 Å². The summed E-state index contributed by atoms with van der Waals surface area (Å²) in [6.07, 6.45) is 9.38. The molecule has 0 amide bonds. The fourth-order valence-electron chi connectivity index (χ4n) is 2.77. The number of carbonyl (C=O) groups is 2. The molecule has 30 heavy (non-hydrogen) atoms. The Hall–Kier alpha value is -3.94. The van der Waals surface area contributed by atoms with E-state index in [1.54, 1.807) is 36.7 Å². The van der Waals surface area contributed by atoms with Gasteiger partial charge in [0, 0.05) is 35.9 Å².